The van der Waals surface area contributed by atoms with E-state index in [0.29, 0.717) is 5.69 Å². The van der Waals surface area contributed by atoms with Gasteiger partial charge in [0.05, 0.1) is 11.7 Å². The van der Waals surface area contributed by atoms with E-state index in [1.807, 2.05) is 19.1 Å². The summed E-state index contributed by atoms with van der Waals surface area (Å²) in [6.07, 6.45) is 4.96. The molecule has 0 saturated heterocycles. The normalized spacial score (nSPS) is 15.2. The zero-order chi connectivity index (χ0) is 13.9. The molecule has 102 valence electrons. The van der Waals surface area contributed by atoms with Crippen LogP contribution in [0.1, 0.15) is 43.1 Å². The summed E-state index contributed by atoms with van der Waals surface area (Å²) >= 11 is 0. The molecule has 1 aliphatic heterocycles. The van der Waals surface area contributed by atoms with Gasteiger partial charge in [0.2, 0.25) is 0 Å². The van der Waals surface area contributed by atoms with Gasteiger partial charge in [-0.05, 0) is 31.9 Å². The molecule has 6 heteroatoms. The van der Waals surface area contributed by atoms with Gasteiger partial charge in [-0.15, -0.1) is 10.2 Å². The van der Waals surface area contributed by atoms with Gasteiger partial charge in [0, 0.05) is 19.2 Å². The highest BCUT2D eigenvalue weighted by Crippen LogP contribution is 2.23. The van der Waals surface area contributed by atoms with Crippen LogP contribution in [0.4, 0.5) is 5.69 Å². The van der Waals surface area contributed by atoms with E-state index in [9.17, 15) is 0 Å². The van der Waals surface area contributed by atoms with Crippen LogP contribution in [0.15, 0.2) is 18.3 Å². The van der Waals surface area contributed by atoms with Crippen molar-refractivity contribution >= 4 is 5.69 Å². The van der Waals surface area contributed by atoms with Crippen LogP contribution in [0.3, 0.4) is 0 Å². The van der Waals surface area contributed by atoms with Crippen LogP contribution >= 0.6 is 0 Å². The average molecular weight is 268 g/mol. The molecule has 0 aliphatic carbocycles. The molecule has 20 heavy (non-hydrogen) atoms. The average Bonchev–Trinajstić information content (AvgIpc) is 2.92. The number of nitriles is 1. The first kappa shape index (κ1) is 12.6. The Kier molecular flexibility index (Phi) is 3.33. The maximum absolute atomic E-state index is 9.07. The summed E-state index contributed by atoms with van der Waals surface area (Å²) in [7, 11) is 0. The third kappa shape index (κ3) is 2.23. The Hall–Kier alpha value is -2.42. The van der Waals surface area contributed by atoms with Crippen LogP contribution < -0.4 is 5.32 Å². The topological polar surface area (TPSA) is 79.4 Å². The number of aromatic nitrogens is 4. The lowest BCUT2D eigenvalue weighted by atomic mass is 10.1. The van der Waals surface area contributed by atoms with Crippen molar-refractivity contribution in [1.29, 1.82) is 5.26 Å². The Labute approximate surface area is 117 Å². The Bertz CT molecular complexity index is 654. The minimum Gasteiger partial charge on any atom is -0.373 e. The minimum absolute atomic E-state index is 0.00866. The molecule has 3 heterocycles. The fraction of sp³-hybridized carbons (Fsp3) is 0.429. The van der Waals surface area contributed by atoms with Crippen molar-refractivity contribution in [3.63, 3.8) is 0 Å². The molecule has 0 amide bonds. The van der Waals surface area contributed by atoms with Crippen molar-refractivity contribution in [3.8, 4) is 6.07 Å². The lowest BCUT2D eigenvalue weighted by Gasteiger charge is -2.19. The highest BCUT2D eigenvalue weighted by Gasteiger charge is 2.20. The molecule has 1 unspecified atom stereocenters. The predicted octanol–water partition coefficient (Wildman–Crippen LogP) is 2.05. The number of anilines is 1. The molecule has 0 aromatic carbocycles. The molecule has 1 N–H and O–H groups in total. The monoisotopic (exact) mass is 268 g/mol. The summed E-state index contributed by atoms with van der Waals surface area (Å²) in [6.45, 7) is 3.00. The summed E-state index contributed by atoms with van der Waals surface area (Å²) in [4.78, 5) is 4.05. The maximum atomic E-state index is 9.07. The smallest absolute Gasteiger partial charge is 0.163 e. The highest BCUT2D eigenvalue weighted by atomic mass is 15.3. The van der Waals surface area contributed by atoms with Crippen molar-refractivity contribution in [2.45, 2.75) is 38.8 Å². The minimum atomic E-state index is -0.00866. The van der Waals surface area contributed by atoms with Gasteiger partial charge in [-0.3, -0.25) is 0 Å². The third-order valence-corrected chi connectivity index (χ3v) is 3.56. The van der Waals surface area contributed by atoms with Gasteiger partial charge in [-0.25, -0.2) is 4.98 Å². The van der Waals surface area contributed by atoms with E-state index in [1.54, 1.807) is 6.20 Å². The van der Waals surface area contributed by atoms with Gasteiger partial charge in [0.15, 0.2) is 11.5 Å². The highest BCUT2D eigenvalue weighted by molar-refractivity contribution is 5.54. The Morgan fingerprint density at radius 3 is 3.15 bits per heavy atom. The number of rotatable bonds is 3. The fourth-order valence-corrected chi connectivity index (χ4v) is 2.56. The summed E-state index contributed by atoms with van der Waals surface area (Å²) < 4.78 is 2.18. The number of nitrogens with zero attached hydrogens (tertiary/aromatic N) is 5. The van der Waals surface area contributed by atoms with Crippen LogP contribution in [0, 0.1) is 11.3 Å². The summed E-state index contributed by atoms with van der Waals surface area (Å²) in [6, 6.07) is 5.75. The number of nitrogens with one attached hydrogen (secondary N) is 1. The summed E-state index contributed by atoms with van der Waals surface area (Å²) in [5.74, 6) is 1.99. The fourth-order valence-electron chi connectivity index (χ4n) is 2.56. The van der Waals surface area contributed by atoms with Crippen LogP contribution in [0.25, 0.3) is 0 Å². The molecule has 0 bridgehead atoms. The molecule has 6 nitrogen and oxygen atoms in total. The van der Waals surface area contributed by atoms with Gasteiger partial charge in [0.1, 0.15) is 11.9 Å². The molecular formula is C14H16N6. The van der Waals surface area contributed by atoms with E-state index in [-0.39, 0.29) is 6.04 Å². The lowest BCUT2D eigenvalue weighted by molar-refractivity contribution is 0.500. The molecular weight excluding hydrogens is 252 g/mol. The number of hydrogen-bond donors (Lipinski definition) is 1. The van der Waals surface area contributed by atoms with Crippen LogP contribution in [-0.4, -0.2) is 19.7 Å². The zero-order valence-corrected chi connectivity index (χ0v) is 11.4. The Morgan fingerprint density at radius 1 is 1.40 bits per heavy atom. The molecule has 1 aliphatic rings. The van der Waals surface area contributed by atoms with Crippen LogP contribution in [-0.2, 0) is 13.0 Å². The van der Waals surface area contributed by atoms with Gasteiger partial charge >= 0.3 is 0 Å². The van der Waals surface area contributed by atoms with Gasteiger partial charge in [-0.1, -0.05) is 0 Å². The molecule has 0 radical (unpaired) electrons. The summed E-state index contributed by atoms with van der Waals surface area (Å²) in [5.41, 5.74) is 1.13. The first-order valence-corrected chi connectivity index (χ1v) is 6.83. The first-order chi connectivity index (χ1) is 9.79. The number of aryl methyl sites for hydroxylation is 1. The van der Waals surface area contributed by atoms with E-state index in [2.05, 4.69) is 31.1 Å². The number of fused-ring (bicyclic) bond motifs is 1. The second-order valence-corrected chi connectivity index (χ2v) is 4.96. The van der Waals surface area contributed by atoms with Gasteiger partial charge in [-0.2, -0.15) is 5.26 Å². The zero-order valence-electron chi connectivity index (χ0n) is 11.4. The second kappa shape index (κ2) is 5.29. The number of hydrogen-bond acceptors (Lipinski definition) is 5. The predicted molar refractivity (Wildman–Crippen MR) is 73.9 cm³/mol. The van der Waals surface area contributed by atoms with Crippen molar-refractivity contribution in [2.24, 2.45) is 0 Å². The van der Waals surface area contributed by atoms with E-state index in [0.717, 1.165) is 30.3 Å². The van der Waals surface area contributed by atoms with Crippen molar-refractivity contribution in [2.75, 3.05) is 5.32 Å². The second-order valence-electron chi connectivity index (χ2n) is 4.96. The van der Waals surface area contributed by atoms with Gasteiger partial charge in [0.25, 0.3) is 0 Å². The van der Waals surface area contributed by atoms with E-state index in [1.165, 1.54) is 12.8 Å². The van der Waals surface area contributed by atoms with Gasteiger partial charge < -0.3 is 9.88 Å². The largest absolute Gasteiger partial charge is 0.373 e. The lowest BCUT2D eigenvalue weighted by Crippen LogP contribution is -2.18. The maximum Gasteiger partial charge on any atom is 0.163 e. The molecule has 0 saturated carbocycles. The molecule has 3 rings (SSSR count). The molecule has 0 fully saturated rings. The van der Waals surface area contributed by atoms with E-state index in [4.69, 9.17) is 5.26 Å². The van der Waals surface area contributed by atoms with Crippen LogP contribution in [0.5, 0.6) is 0 Å². The third-order valence-electron chi connectivity index (χ3n) is 3.56. The van der Waals surface area contributed by atoms with Crippen molar-refractivity contribution in [1.82, 2.24) is 19.7 Å². The molecule has 1 atom stereocenters. The Morgan fingerprint density at radius 2 is 2.30 bits per heavy atom. The SMILES string of the molecule is CC(Nc1cccnc1C#N)c1nnc2n1CCCC2. The standard InChI is InChI=1S/C14H16N6/c1-10(17-11-5-4-7-16-12(11)9-15)14-19-18-13-6-2-3-8-20(13)14/h4-5,7,10,17H,2-3,6,8H2,1H3. The number of pyridine rings is 1. The molecule has 2 aromatic rings. The van der Waals surface area contributed by atoms with E-state index >= 15 is 0 Å². The Balaban J connectivity index is 1.85. The van der Waals surface area contributed by atoms with Crippen LogP contribution in [0.2, 0.25) is 0 Å². The molecule has 2 aromatic heterocycles. The quantitative estimate of drug-likeness (QED) is 0.921. The summed E-state index contributed by atoms with van der Waals surface area (Å²) in [5, 5.41) is 20.9. The molecule has 0 spiro atoms. The van der Waals surface area contributed by atoms with Crippen molar-refractivity contribution in [3.05, 3.63) is 35.7 Å². The van der Waals surface area contributed by atoms with Crippen molar-refractivity contribution < 1.29 is 0 Å². The first-order valence-electron chi connectivity index (χ1n) is 6.83. The van der Waals surface area contributed by atoms with E-state index < -0.39 is 0 Å².